The number of hydrogen-bond acceptors (Lipinski definition) is 1. The summed E-state index contributed by atoms with van der Waals surface area (Å²) in [5.74, 6) is 0.808. The van der Waals surface area contributed by atoms with Crippen LogP contribution in [0.15, 0.2) is 18.5 Å². The molecule has 0 aliphatic heterocycles. The molecule has 1 saturated carbocycles. The van der Waals surface area contributed by atoms with E-state index >= 15 is 0 Å². The Morgan fingerprint density at radius 2 is 2.00 bits per heavy atom. The minimum Gasteiger partial charge on any atom is -0.264 e. The standard InChI is InChI=1S/C12H17N/c1-12(2,3)11-6-7-13-8-10(11)9-4-5-9/h6-9H,4-5H2,1-3H3. The summed E-state index contributed by atoms with van der Waals surface area (Å²) in [4.78, 5) is 4.22. The fraction of sp³-hybridized carbons (Fsp3) is 0.583. The topological polar surface area (TPSA) is 12.9 Å². The molecule has 1 nitrogen and oxygen atoms in total. The maximum Gasteiger partial charge on any atom is 0.0305 e. The first-order valence-corrected chi connectivity index (χ1v) is 5.03. The number of nitrogens with zero attached hydrogens (tertiary/aromatic N) is 1. The van der Waals surface area contributed by atoms with Crippen molar-refractivity contribution < 1.29 is 0 Å². The average molecular weight is 175 g/mol. The molecule has 0 saturated heterocycles. The lowest BCUT2D eigenvalue weighted by atomic mass is 9.83. The molecule has 1 fully saturated rings. The molecule has 0 amide bonds. The maximum atomic E-state index is 4.22. The molecule has 13 heavy (non-hydrogen) atoms. The van der Waals surface area contributed by atoms with E-state index in [2.05, 4.69) is 38.0 Å². The van der Waals surface area contributed by atoms with Crippen molar-refractivity contribution >= 4 is 0 Å². The second-order valence-corrected chi connectivity index (χ2v) is 4.99. The van der Waals surface area contributed by atoms with Gasteiger partial charge >= 0.3 is 0 Å². The van der Waals surface area contributed by atoms with Crippen molar-refractivity contribution in [2.75, 3.05) is 0 Å². The first-order valence-electron chi connectivity index (χ1n) is 5.03. The molecule has 0 spiro atoms. The maximum absolute atomic E-state index is 4.22. The summed E-state index contributed by atoms with van der Waals surface area (Å²) in [5.41, 5.74) is 3.22. The molecule has 0 bridgehead atoms. The molecular formula is C12H17N. The Morgan fingerprint density at radius 3 is 2.54 bits per heavy atom. The summed E-state index contributed by atoms with van der Waals surface area (Å²) in [6.07, 6.45) is 6.67. The van der Waals surface area contributed by atoms with Gasteiger partial charge in [-0.05, 0) is 41.4 Å². The minimum atomic E-state index is 0.265. The molecule has 1 aliphatic carbocycles. The molecule has 2 rings (SSSR count). The number of rotatable bonds is 1. The number of aromatic nitrogens is 1. The summed E-state index contributed by atoms with van der Waals surface area (Å²) in [6, 6.07) is 2.17. The van der Waals surface area contributed by atoms with Gasteiger partial charge in [-0.3, -0.25) is 4.98 Å². The summed E-state index contributed by atoms with van der Waals surface area (Å²) in [5, 5.41) is 0. The van der Waals surface area contributed by atoms with E-state index in [0.29, 0.717) is 0 Å². The fourth-order valence-corrected chi connectivity index (χ4v) is 1.81. The van der Waals surface area contributed by atoms with E-state index in [1.807, 2.05) is 6.20 Å². The van der Waals surface area contributed by atoms with Crippen LogP contribution in [0.5, 0.6) is 0 Å². The van der Waals surface area contributed by atoms with Crippen LogP contribution in [0, 0.1) is 0 Å². The van der Waals surface area contributed by atoms with Gasteiger partial charge in [0.05, 0.1) is 0 Å². The van der Waals surface area contributed by atoms with Crippen LogP contribution in [-0.4, -0.2) is 4.98 Å². The lowest BCUT2D eigenvalue weighted by Crippen LogP contribution is -2.14. The molecule has 1 heteroatoms. The van der Waals surface area contributed by atoms with Crippen LogP contribution >= 0.6 is 0 Å². The van der Waals surface area contributed by atoms with Crippen molar-refractivity contribution in [2.24, 2.45) is 0 Å². The molecule has 0 atom stereocenters. The molecule has 0 unspecified atom stereocenters. The van der Waals surface area contributed by atoms with Gasteiger partial charge < -0.3 is 0 Å². The summed E-state index contributed by atoms with van der Waals surface area (Å²) in [6.45, 7) is 6.82. The van der Waals surface area contributed by atoms with E-state index in [4.69, 9.17) is 0 Å². The third-order valence-corrected chi connectivity index (χ3v) is 2.68. The monoisotopic (exact) mass is 175 g/mol. The summed E-state index contributed by atoms with van der Waals surface area (Å²) >= 11 is 0. The van der Waals surface area contributed by atoms with Gasteiger partial charge in [0, 0.05) is 12.4 Å². The van der Waals surface area contributed by atoms with Crippen LogP contribution in [0.3, 0.4) is 0 Å². The average Bonchev–Trinajstić information content (AvgIpc) is 2.85. The first-order chi connectivity index (χ1) is 6.09. The van der Waals surface area contributed by atoms with E-state index in [-0.39, 0.29) is 5.41 Å². The third-order valence-electron chi connectivity index (χ3n) is 2.68. The van der Waals surface area contributed by atoms with Crippen LogP contribution in [0.1, 0.15) is 50.7 Å². The Balaban J connectivity index is 2.43. The summed E-state index contributed by atoms with van der Waals surface area (Å²) in [7, 11) is 0. The van der Waals surface area contributed by atoms with Gasteiger partial charge in [0.2, 0.25) is 0 Å². The van der Waals surface area contributed by atoms with Gasteiger partial charge in [0.15, 0.2) is 0 Å². The molecular weight excluding hydrogens is 158 g/mol. The highest BCUT2D eigenvalue weighted by Gasteiger charge is 2.29. The lowest BCUT2D eigenvalue weighted by molar-refractivity contribution is 0.581. The van der Waals surface area contributed by atoms with Gasteiger partial charge in [-0.15, -0.1) is 0 Å². The summed E-state index contributed by atoms with van der Waals surface area (Å²) < 4.78 is 0. The van der Waals surface area contributed by atoms with E-state index in [1.165, 1.54) is 24.0 Å². The van der Waals surface area contributed by atoms with E-state index < -0.39 is 0 Å². The quantitative estimate of drug-likeness (QED) is 0.638. The Morgan fingerprint density at radius 1 is 1.31 bits per heavy atom. The Hall–Kier alpha value is -0.850. The zero-order valence-corrected chi connectivity index (χ0v) is 8.67. The van der Waals surface area contributed by atoms with Gasteiger partial charge in [-0.25, -0.2) is 0 Å². The highest BCUT2D eigenvalue weighted by molar-refractivity contribution is 5.35. The predicted octanol–water partition coefficient (Wildman–Crippen LogP) is 3.26. The SMILES string of the molecule is CC(C)(C)c1ccncc1C1CC1. The van der Waals surface area contributed by atoms with Crippen LogP contribution in [-0.2, 0) is 5.41 Å². The van der Waals surface area contributed by atoms with Gasteiger partial charge in [-0.1, -0.05) is 20.8 Å². The largest absolute Gasteiger partial charge is 0.264 e. The van der Waals surface area contributed by atoms with Crippen molar-refractivity contribution in [3.8, 4) is 0 Å². The number of hydrogen-bond donors (Lipinski definition) is 0. The second kappa shape index (κ2) is 2.83. The molecule has 1 aromatic heterocycles. The molecule has 1 heterocycles. The van der Waals surface area contributed by atoms with Crippen molar-refractivity contribution in [1.29, 1.82) is 0 Å². The molecule has 1 aromatic rings. The minimum absolute atomic E-state index is 0.265. The van der Waals surface area contributed by atoms with Crippen molar-refractivity contribution in [3.63, 3.8) is 0 Å². The molecule has 70 valence electrons. The van der Waals surface area contributed by atoms with E-state index in [9.17, 15) is 0 Å². The molecule has 0 radical (unpaired) electrons. The van der Waals surface area contributed by atoms with Gasteiger partial charge in [0.25, 0.3) is 0 Å². The van der Waals surface area contributed by atoms with Gasteiger partial charge in [-0.2, -0.15) is 0 Å². The van der Waals surface area contributed by atoms with Crippen LogP contribution in [0.2, 0.25) is 0 Å². The molecule has 0 N–H and O–H groups in total. The predicted molar refractivity (Wildman–Crippen MR) is 54.9 cm³/mol. The Labute approximate surface area is 80.2 Å². The molecule has 0 aromatic carbocycles. The third kappa shape index (κ3) is 1.74. The molecule has 1 aliphatic rings. The highest BCUT2D eigenvalue weighted by atomic mass is 14.6. The van der Waals surface area contributed by atoms with E-state index in [0.717, 1.165) is 5.92 Å². The Bertz CT molecular complexity index is 305. The number of pyridine rings is 1. The normalized spacial score (nSPS) is 17.5. The second-order valence-electron chi connectivity index (χ2n) is 4.99. The van der Waals surface area contributed by atoms with Crippen LogP contribution in [0.25, 0.3) is 0 Å². The van der Waals surface area contributed by atoms with Crippen LogP contribution in [0.4, 0.5) is 0 Å². The van der Waals surface area contributed by atoms with Crippen molar-refractivity contribution in [1.82, 2.24) is 4.98 Å². The van der Waals surface area contributed by atoms with E-state index in [1.54, 1.807) is 0 Å². The highest BCUT2D eigenvalue weighted by Crippen LogP contribution is 2.43. The zero-order chi connectivity index (χ0) is 9.47. The fourth-order valence-electron chi connectivity index (χ4n) is 1.81. The van der Waals surface area contributed by atoms with Crippen molar-refractivity contribution in [2.45, 2.75) is 44.9 Å². The smallest absolute Gasteiger partial charge is 0.0305 e. The zero-order valence-electron chi connectivity index (χ0n) is 8.67. The van der Waals surface area contributed by atoms with Crippen molar-refractivity contribution in [3.05, 3.63) is 29.6 Å². The Kier molecular flexibility index (Phi) is 1.90. The lowest BCUT2D eigenvalue weighted by Gasteiger charge is -2.22. The van der Waals surface area contributed by atoms with Gasteiger partial charge in [0.1, 0.15) is 0 Å². The first kappa shape index (κ1) is 8.74. The van der Waals surface area contributed by atoms with Crippen LogP contribution < -0.4 is 0 Å².